The quantitative estimate of drug-likeness (QED) is 0.835. The maximum atomic E-state index is 12.2. The Morgan fingerprint density at radius 2 is 2.09 bits per heavy atom. The highest BCUT2D eigenvalue weighted by atomic mass is 35.5. The van der Waals surface area contributed by atoms with Crippen LogP contribution in [0.25, 0.3) is 0 Å². The minimum Gasteiger partial charge on any atom is -0.323 e. The number of hydrogen-bond donors (Lipinski definition) is 2. The van der Waals surface area contributed by atoms with Crippen molar-refractivity contribution in [3.05, 3.63) is 28.8 Å². The number of carbonyl (C=O) groups excluding carboxylic acids is 3. The molecule has 7 heteroatoms. The van der Waals surface area contributed by atoms with Gasteiger partial charge in [-0.05, 0) is 38.0 Å². The topological polar surface area (TPSA) is 78.5 Å². The molecule has 1 heterocycles. The van der Waals surface area contributed by atoms with Crippen LogP contribution < -0.4 is 10.6 Å². The summed E-state index contributed by atoms with van der Waals surface area (Å²) in [7, 11) is 0. The van der Waals surface area contributed by atoms with Crippen LogP contribution in [0.1, 0.15) is 25.8 Å². The Bertz CT molecular complexity index is 647. The van der Waals surface area contributed by atoms with Gasteiger partial charge in [0.2, 0.25) is 5.91 Å². The second kappa shape index (κ2) is 5.96. The smallest absolute Gasteiger partial charge is 0.323 e. The Hall–Kier alpha value is -2.08. The van der Waals surface area contributed by atoms with Crippen molar-refractivity contribution >= 4 is 35.1 Å². The Morgan fingerprint density at radius 3 is 2.64 bits per heavy atom. The van der Waals surface area contributed by atoms with E-state index in [1.54, 1.807) is 26.0 Å². The standard InChI is InChI=1S/C15H18ClN3O3/c1-4-15(3)13(21)19(14(22)18-15)8-12(20)17-11-6-5-9(2)7-10(11)16/h5-7H,4,8H2,1-3H3,(H,17,20)(H,18,22). The number of urea groups is 1. The highest BCUT2D eigenvalue weighted by molar-refractivity contribution is 6.33. The van der Waals surface area contributed by atoms with E-state index in [2.05, 4.69) is 10.6 Å². The van der Waals surface area contributed by atoms with Gasteiger partial charge in [0.05, 0.1) is 10.7 Å². The van der Waals surface area contributed by atoms with Gasteiger partial charge in [-0.3, -0.25) is 14.5 Å². The first-order valence-electron chi connectivity index (χ1n) is 6.97. The van der Waals surface area contributed by atoms with Gasteiger partial charge in [0, 0.05) is 0 Å². The molecule has 4 amide bonds. The van der Waals surface area contributed by atoms with Crippen molar-refractivity contribution < 1.29 is 14.4 Å². The van der Waals surface area contributed by atoms with Gasteiger partial charge in [0.15, 0.2) is 0 Å². The van der Waals surface area contributed by atoms with Crippen LogP contribution in [0.15, 0.2) is 18.2 Å². The van der Waals surface area contributed by atoms with Crippen LogP contribution in [-0.2, 0) is 9.59 Å². The van der Waals surface area contributed by atoms with Gasteiger partial charge in [-0.15, -0.1) is 0 Å². The fourth-order valence-corrected chi connectivity index (χ4v) is 2.47. The highest BCUT2D eigenvalue weighted by Crippen LogP contribution is 2.23. The Balaban J connectivity index is 2.06. The third kappa shape index (κ3) is 3.06. The van der Waals surface area contributed by atoms with Crippen molar-refractivity contribution in [2.45, 2.75) is 32.7 Å². The lowest BCUT2D eigenvalue weighted by molar-refractivity contribution is -0.133. The number of rotatable bonds is 4. The first-order chi connectivity index (χ1) is 10.3. The second-order valence-corrected chi connectivity index (χ2v) is 5.95. The van der Waals surface area contributed by atoms with E-state index >= 15 is 0 Å². The van der Waals surface area contributed by atoms with E-state index in [1.807, 2.05) is 13.0 Å². The number of nitrogens with one attached hydrogen (secondary N) is 2. The Labute approximate surface area is 133 Å². The lowest BCUT2D eigenvalue weighted by Gasteiger charge is -2.19. The van der Waals surface area contributed by atoms with Crippen molar-refractivity contribution in [2.24, 2.45) is 0 Å². The van der Waals surface area contributed by atoms with Gasteiger partial charge >= 0.3 is 6.03 Å². The molecule has 2 N–H and O–H groups in total. The molecule has 1 saturated heterocycles. The van der Waals surface area contributed by atoms with Gasteiger partial charge < -0.3 is 10.6 Å². The second-order valence-electron chi connectivity index (χ2n) is 5.54. The molecular formula is C15H18ClN3O3. The van der Waals surface area contributed by atoms with Gasteiger partial charge in [-0.2, -0.15) is 0 Å². The Morgan fingerprint density at radius 1 is 1.41 bits per heavy atom. The third-order valence-electron chi connectivity index (χ3n) is 3.75. The molecule has 1 aromatic rings. The third-order valence-corrected chi connectivity index (χ3v) is 4.07. The number of halogens is 1. The number of nitrogens with zero attached hydrogens (tertiary/aromatic N) is 1. The summed E-state index contributed by atoms with van der Waals surface area (Å²) in [5.74, 6) is -0.875. The maximum Gasteiger partial charge on any atom is 0.325 e. The molecule has 6 nitrogen and oxygen atoms in total. The van der Waals surface area contributed by atoms with Crippen LogP contribution in [0.2, 0.25) is 5.02 Å². The van der Waals surface area contributed by atoms with Crippen molar-refractivity contribution in [2.75, 3.05) is 11.9 Å². The summed E-state index contributed by atoms with van der Waals surface area (Å²) in [6, 6.07) is 4.65. The van der Waals surface area contributed by atoms with Gasteiger partial charge in [0.25, 0.3) is 5.91 Å². The lowest BCUT2D eigenvalue weighted by Crippen LogP contribution is -2.44. The van der Waals surface area contributed by atoms with E-state index in [-0.39, 0.29) is 6.54 Å². The predicted octanol–water partition coefficient (Wildman–Crippen LogP) is 2.31. The molecule has 0 bridgehead atoms. The molecule has 1 unspecified atom stereocenters. The normalized spacial score (nSPS) is 21.0. The minimum atomic E-state index is -0.946. The number of hydrogen-bond acceptors (Lipinski definition) is 3. The summed E-state index contributed by atoms with van der Waals surface area (Å²) in [5.41, 5.74) is 0.470. The largest absolute Gasteiger partial charge is 0.325 e. The molecule has 1 aliphatic heterocycles. The molecule has 1 aromatic carbocycles. The summed E-state index contributed by atoms with van der Waals surface area (Å²) in [6.07, 6.45) is 0.458. The van der Waals surface area contributed by atoms with Crippen molar-refractivity contribution in [3.63, 3.8) is 0 Å². The molecule has 22 heavy (non-hydrogen) atoms. The summed E-state index contributed by atoms with van der Waals surface area (Å²) >= 11 is 6.04. The number of imide groups is 1. The monoisotopic (exact) mass is 323 g/mol. The summed E-state index contributed by atoms with van der Waals surface area (Å²) < 4.78 is 0. The summed E-state index contributed by atoms with van der Waals surface area (Å²) in [6.45, 7) is 4.98. The van der Waals surface area contributed by atoms with Crippen molar-refractivity contribution in [1.29, 1.82) is 0 Å². The predicted molar refractivity (Wildman–Crippen MR) is 83.8 cm³/mol. The average Bonchev–Trinajstić information content (AvgIpc) is 2.66. The zero-order chi connectivity index (χ0) is 16.5. The van der Waals surface area contributed by atoms with Gasteiger partial charge in [-0.25, -0.2) is 4.79 Å². The zero-order valence-corrected chi connectivity index (χ0v) is 13.5. The zero-order valence-electron chi connectivity index (χ0n) is 12.7. The SMILES string of the molecule is CCC1(C)NC(=O)N(CC(=O)Nc2ccc(C)cc2Cl)C1=O. The fraction of sp³-hybridized carbons (Fsp3) is 0.400. The average molecular weight is 324 g/mol. The molecule has 1 fully saturated rings. The highest BCUT2D eigenvalue weighted by Gasteiger charge is 2.46. The van der Waals surface area contributed by atoms with Gasteiger partial charge in [0.1, 0.15) is 12.1 Å². The molecular weight excluding hydrogens is 306 g/mol. The molecule has 118 valence electrons. The van der Waals surface area contributed by atoms with Crippen molar-refractivity contribution in [1.82, 2.24) is 10.2 Å². The molecule has 1 aliphatic rings. The van der Waals surface area contributed by atoms with Crippen LogP contribution in [0.3, 0.4) is 0 Å². The maximum absolute atomic E-state index is 12.2. The number of anilines is 1. The molecule has 0 aliphatic carbocycles. The first-order valence-corrected chi connectivity index (χ1v) is 7.35. The van der Waals surface area contributed by atoms with Crippen molar-refractivity contribution in [3.8, 4) is 0 Å². The van der Waals surface area contributed by atoms with Crippen LogP contribution in [0.5, 0.6) is 0 Å². The molecule has 0 radical (unpaired) electrons. The molecule has 2 rings (SSSR count). The molecule has 0 saturated carbocycles. The summed E-state index contributed by atoms with van der Waals surface area (Å²) in [5, 5.41) is 5.61. The number of amides is 4. The minimum absolute atomic E-state index is 0.343. The van der Waals surface area contributed by atoms with Crippen LogP contribution >= 0.6 is 11.6 Å². The van der Waals surface area contributed by atoms with Gasteiger partial charge in [-0.1, -0.05) is 24.6 Å². The van der Waals surface area contributed by atoms with Crippen LogP contribution in [0.4, 0.5) is 10.5 Å². The van der Waals surface area contributed by atoms with E-state index in [0.717, 1.165) is 10.5 Å². The molecule has 0 aromatic heterocycles. The van der Waals surface area contributed by atoms with E-state index in [1.165, 1.54) is 0 Å². The van der Waals surface area contributed by atoms with E-state index in [9.17, 15) is 14.4 Å². The van der Waals surface area contributed by atoms with Crippen LogP contribution in [-0.4, -0.2) is 34.8 Å². The Kier molecular flexibility index (Phi) is 4.42. The van der Waals surface area contributed by atoms with Crippen LogP contribution in [0, 0.1) is 6.92 Å². The lowest BCUT2D eigenvalue weighted by atomic mass is 9.99. The van der Waals surface area contributed by atoms with E-state index < -0.39 is 23.4 Å². The van der Waals surface area contributed by atoms with E-state index in [0.29, 0.717) is 17.1 Å². The number of carbonyl (C=O) groups is 3. The molecule has 1 atom stereocenters. The number of aryl methyl sites for hydroxylation is 1. The van der Waals surface area contributed by atoms with E-state index in [4.69, 9.17) is 11.6 Å². The fourth-order valence-electron chi connectivity index (χ4n) is 2.19. The number of benzene rings is 1. The first kappa shape index (κ1) is 16.3. The molecule has 0 spiro atoms. The summed E-state index contributed by atoms with van der Waals surface area (Å²) in [4.78, 5) is 37.0.